The van der Waals surface area contributed by atoms with Gasteiger partial charge in [0.1, 0.15) is 0 Å². The molecule has 1 amide bonds. The van der Waals surface area contributed by atoms with Gasteiger partial charge in [0.25, 0.3) is 0 Å². The van der Waals surface area contributed by atoms with E-state index in [0.29, 0.717) is 13.0 Å². The van der Waals surface area contributed by atoms with Crippen LogP contribution in [0.3, 0.4) is 0 Å². The summed E-state index contributed by atoms with van der Waals surface area (Å²) in [4.78, 5) is 20.7. The van der Waals surface area contributed by atoms with Crippen molar-refractivity contribution in [2.45, 2.75) is 19.4 Å². The predicted molar refractivity (Wildman–Crippen MR) is 41.7 cm³/mol. The van der Waals surface area contributed by atoms with E-state index in [4.69, 9.17) is 9.84 Å². The quantitative estimate of drug-likeness (QED) is 0.539. The standard InChI is InChI=1S/C7H13NO4/c1-3-12-4-7(2,6(10)11)8-5-9/h5H,3-4H2,1-2H3,(H,8,9)(H,10,11). The molecule has 2 N–H and O–H groups in total. The molecule has 70 valence electrons. The summed E-state index contributed by atoms with van der Waals surface area (Å²) in [5, 5.41) is 10.9. The molecule has 1 atom stereocenters. The summed E-state index contributed by atoms with van der Waals surface area (Å²) >= 11 is 0. The van der Waals surface area contributed by atoms with Crippen LogP contribution in [0.1, 0.15) is 13.8 Å². The highest BCUT2D eigenvalue weighted by molar-refractivity contribution is 5.81. The largest absolute Gasteiger partial charge is 0.479 e. The van der Waals surface area contributed by atoms with Crippen molar-refractivity contribution in [1.29, 1.82) is 0 Å². The molecule has 0 rings (SSSR count). The first-order chi connectivity index (χ1) is 5.56. The second kappa shape index (κ2) is 4.71. The minimum absolute atomic E-state index is 0.0302. The smallest absolute Gasteiger partial charge is 0.331 e. The summed E-state index contributed by atoms with van der Waals surface area (Å²) in [6, 6.07) is 0. The number of hydrogen-bond acceptors (Lipinski definition) is 3. The van der Waals surface area contributed by atoms with Crippen LogP contribution in [0.15, 0.2) is 0 Å². The van der Waals surface area contributed by atoms with E-state index in [1.807, 2.05) is 0 Å². The van der Waals surface area contributed by atoms with Gasteiger partial charge in [-0.1, -0.05) is 0 Å². The molecule has 0 aliphatic rings. The molecule has 0 aromatic rings. The molecule has 5 heteroatoms. The lowest BCUT2D eigenvalue weighted by atomic mass is 10.1. The Morgan fingerprint density at radius 1 is 1.75 bits per heavy atom. The van der Waals surface area contributed by atoms with Crippen LogP contribution in [0.25, 0.3) is 0 Å². The maximum Gasteiger partial charge on any atom is 0.331 e. The zero-order valence-electron chi connectivity index (χ0n) is 7.16. The Bertz CT molecular complexity index is 171. The highest BCUT2D eigenvalue weighted by Crippen LogP contribution is 2.03. The van der Waals surface area contributed by atoms with Crippen molar-refractivity contribution in [3.63, 3.8) is 0 Å². The van der Waals surface area contributed by atoms with Gasteiger partial charge in [-0.05, 0) is 13.8 Å². The number of ether oxygens (including phenoxy) is 1. The van der Waals surface area contributed by atoms with Crippen molar-refractivity contribution in [2.75, 3.05) is 13.2 Å². The summed E-state index contributed by atoms with van der Waals surface area (Å²) in [6.07, 6.45) is 0.354. The lowest BCUT2D eigenvalue weighted by molar-refractivity contribution is -0.148. The van der Waals surface area contributed by atoms with Crippen LogP contribution in [-0.2, 0) is 14.3 Å². The van der Waals surface area contributed by atoms with Crippen LogP contribution >= 0.6 is 0 Å². The molecule has 0 saturated heterocycles. The maximum absolute atomic E-state index is 10.6. The molecule has 0 fully saturated rings. The summed E-state index contributed by atoms with van der Waals surface area (Å²) in [7, 11) is 0. The number of carboxylic acids is 1. The lowest BCUT2D eigenvalue weighted by Gasteiger charge is -2.23. The third-order valence-corrected chi connectivity index (χ3v) is 1.44. The van der Waals surface area contributed by atoms with Gasteiger partial charge in [0.05, 0.1) is 6.61 Å². The van der Waals surface area contributed by atoms with E-state index in [-0.39, 0.29) is 6.61 Å². The first-order valence-corrected chi connectivity index (χ1v) is 3.59. The number of hydrogen-bond donors (Lipinski definition) is 2. The van der Waals surface area contributed by atoms with Gasteiger partial charge < -0.3 is 15.2 Å². The second-order valence-corrected chi connectivity index (χ2v) is 2.54. The molecular weight excluding hydrogens is 162 g/mol. The second-order valence-electron chi connectivity index (χ2n) is 2.54. The van der Waals surface area contributed by atoms with Crippen molar-refractivity contribution in [3.8, 4) is 0 Å². The average molecular weight is 175 g/mol. The van der Waals surface area contributed by atoms with E-state index < -0.39 is 11.5 Å². The van der Waals surface area contributed by atoms with E-state index in [1.54, 1.807) is 6.92 Å². The van der Waals surface area contributed by atoms with E-state index in [9.17, 15) is 9.59 Å². The molecule has 5 nitrogen and oxygen atoms in total. The Kier molecular flexibility index (Phi) is 4.28. The summed E-state index contributed by atoms with van der Waals surface area (Å²) < 4.78 is 4.91. The van der Waals surface area contributed by atoms with Gasteiger partial charge in [-0.2, -0.15) is 0 Å². The van der Waals surface area contributed by atoms with E-state index in [1.165, 1.54) is 6.92 Å². The van der Waals surface area contributed by atoms with Crippen LogP contribution in [0.2, 0.25) is 0 Å². The number of rotatable bonds is 6. The fourth-order valence-electron chi connectivity index (χ4n) is 0.601. The highest BCUT2D eigenvalue weighted by Gasteiger charge is 2.32. The van der Waals surface area contributed by atoms with Gasteiger partial charge in [0.2, 0.25) is 6.41 Å². The molecule has 12 heavy (non-hydrogen) atoms. The minimum Gasteiger partial charge on any atom is -0.479 e. The number of amides is 1. The molecule has 0 aliphatic carbocycles. The number of nitrogens with one attached hydrogen (secondary N) is 1. The molecule has 0 aromatic carbocycles. The molecule has 0 radical (unpaired) electrons. The van der Waals surface area contributed by atoms with Crippen LogP contribution in [0.5, 0.6) is 0 Å². The number of carbonyl (C=O) groups excluding carboxylic acids is 1. The highest BCUT2D eigenvalue weighted by atomic mass is 16.5. The third kappa shape index (κ3) is 2.87. The van der Waals surface area contributed by atoms with Crippen molar-refractivity contribution in [1.82, 2.24) is 5.32 Å². The van der Waals surface area contributed by atoms with Crippen molar-refractivity contribution >= 4 is 12.4 Å². The van der Waals surface area contributed by atoms with Gasteiger partial charge in [0, 0.05) is 6.61 Å². The zero-order valence-corrected chi connectivity index (χ0v) is 7.16. The topological polar surface area (TPSA) is 75.6 Å². The fraction of sp³-hybridized carbons (Fsp3) is 0.714. The third-order valence-electron chi connectivity index (χ3n) is 1.44. The van der Waals surface area contributed by atoms with Gasteiger partial charge in [-0.3, -0.25) is 4.79 Å². The van der Waals surface area contributed by atoms with Gasteiger partial charge in [-0.15, -0.1) is 0 Å². The van der Waals surface area contributed by atoms with Gasteiger partial charge in [-0.25, -0.2) is 4.79 Å². The molecule has 0 aromatic heterocycles. The zero-order chi connectivity index (χ0) is 9.61. The fourth-order valence-corrected chi connectivity index (χ4v) is 0.601. The number of carboxylic acid groups (broad SMARTS) is 1. The van der Waals surface area contributed by atoms with Crippen LogP contribution < -0.4 is 5.32 Å². The Labute approximate surface area is 70.7 Å². The minimum atomic E-state index is -1.32. The van der Waals surface area contributed by atoms with Gasteiger partial charge >= 0.3 is 5.97 Å². The van der Waals surface area contributed by atoms with Crippen LogP contribution in [0, 0.1) is 0 Å². The molecule has 1 unspecified atom stereocenters. The molecule has 0 heterocycles. The first-order valence-electron chi connectivity index (χ1n) is 3.59. The Hall–Kier alpha value is -1.10. The van der Waals surface area contributed by atoms with Crippen molar-refractivity contribution < 1.29 is 19.4 Å². The molecular formula is C7H13NO4. The van der Waals surface area contributed by atoms with Crippen LogP contribution in [-0.4, -0.2) is 36.2 Å². The van der Waals surface area contributed by atoms with Crippen molar-refractivity contribution in [2.24, 2.45) is 0 Å². The van der Waals surface area contributed by atoms with E-state index in [2.05, 4.69) is 5.32 Å². The summed E-state index contributed by atoms with van der Waals surface area (Å²) in [5.74, 6) is -1.11. The molecule has 0 spiro atoms. The van der Waals surface area contributed by atoms with Crippen molar-refractivity contribution in [3.05, 3.63) is 0 Å². The normalized spacial score (nSPS) is 14.8. The Balaban J connectivity index is 4.17. The number of carbonyl (C=O) groups is 2. The lowest BCUT2D eigenvalue weighted by Crippen LogP contribution is -2.52. The maximum atomic E-state index is 10.6. The molecule has 0 saturated carbocycles. The SMILES string of the molecule is CCOCC(C)(NC=O)C(=O)O. The monoisotopic (exact) mass is 175 g/mol. The average Bonchev–Trinajstić information content (AvgIpc) is 2.01. The molecule has 0 aliphatic heterocycles. The Morgan fingerprint density at radius 3 is 2.67 bits per heavy atom. The Morgan fingerprint density at radius 2 is 2.33 bits per heavy atom. The predicted octanol–water partition coefficient (Wildman–Crippen LogP) is -0.388. The van der Waals surface area contributed by atoms with Crippen LogP contribution in [0.4, 0.5) is 0 Å². The summed E-state index contributed by atoms with van der Waals surface area (Å²) in [5.41, 5.74) is -1.32. The first kappa shape index (κ1) is 10.9. The number of aliphatic carboxylic acids is 1. The van der Waals surface area contributed by atoms with Gasteiger partial charge in [0.15, 0.2) is 5.54 Å². The molecule has 0 bridgehead atoms. The van der Waals surface area contributed by atoms with E-state index >= 15 is 0 Å². The van der Waals surface area contributed by atoms with E-state index in [0.717, 1.165) is 0 Å². The summed E-state index contributed by atoms with van der Waals surface area (Å²) in [6.45, 7) is 3.53.